The van der Waals surface area contributed by atoms with E-state index in [2.05, 4.69) is 10.6 Å². The molecule has 0 aromatic heterocycles. The average molecular weight is 257 g/mol. The van der Waals surface area contributed by atoms with Crippen LogP contribution in [0.15, 0.2) is 0 Å². The molecule has 1 rings (SSSR count). The Morgan fingerprint density at radius 3 is 2.44 bits per heavy atom. The first-order chi connectivity index (χ1) is 8.29. The predicted octanol–water partition coefficient (Wildman–Crippen LogP) is 1.19. The van der Waals surface area contributed by atoms with Gasteiger partial charge in [0.2, 0.25) is 0 Å². The first-order valence-electron chi connectivity index (χ1n) is 6.73. The second-order valence-electron chi connectivity index (χ2n) is 6.08. The minimum atomic E-state index is -0.435. The molecule has 1 aliphatic heterocycles. The van der Waals surface area contributed by atoms with Crippen molar-refractivity contribution in [2.75, 3.05) is 26.2 Å². The van der Waals surface area contributed by atoms with Crippen LogP contribution in [0.2, 0.25) is 0 Å². The van der Waals surface area contributed by atoms with Crippen LogP contribution in [0.3, 0.4) is 0 Å². The van der Waals surface area contributed by atoms with Gasteiger partial charge < -0.3 is 20.3 Å². The van der Waals surface area contributed by atoms with Crippen molar-refractivity contribution in [3.8, 4) is 0 Å². The number of hydrogen-bond donors (Lipinski definition) is 2. The molecule has 1 fully saturated rings. The number of amides is 1. The number of hydrogen-bond acceptors (Lipinski definition) is 4. The van der Waals surface area contributed by atoms with E-state index >= 15 is 0 Å². The lowest BCUT2D eigenvalue weighted by atomic mass is 10.2. The van der Waals surface area contributed by atoms with Gasteiger partial charge in [0.1, 0.15) is 5.60 Å². The van der Waals surface area contributed by atoms with E-state index in [0.29, 0.717) is 12.6 Å². The maximum atomic E-state index is 12.0. The third-order valence-electron chi connectivity index (χ3n) is 2.82. The number of carbonyl (C=O) groups is 1. The van der Waals surface area contributed by atoms with Crippen LogP contribution in [-0.4, -0.2) is 54.9 Å². The SMILES string of the molecule is CC(C)N(CCNC1CNC1)C(=O)OC(C)(C)C. The minimum absolute atomic E-state index is 0.154. The van der Waals surface area contributed by atoms with Crippen LogP contribution in [0, 0.1) is 0 Å². The fourth-order valence-electron chi connectivity index (χ4n) is 1.70. The van der Waals surface area contributed by atoms with Crippen LogP contribution in [-0.2, 0) is 4.74 Å². The molecule has 1 amide bonds. The second-order valence-corrected chi connectivity index (χ2v) is 6.08. The lowest BCUT2D eigenvalue weighted by molar-refractivity contribution is 0.0191. The van der Waals surface area contributed by atoms with Crippen LogP contribution in [0.4, 0.5) is 4.79 Å². The summed E-state index contributed by atoms with van der Waals surface area (Å²) in [5, 5.41) is 6.62. The largest absolute Gasteiger partial charge is 0.444 e. The van der Waals surface area contributed by atoms with Gasteiger partial charge in [0.25, 0.3) is 0 Å². The van der Waals surface area contributed by atoms with Crippen LogP contribution in [0.25, 0.3) is 0 Å². The van der Waals surface area contributed by atoms with Crippen molar-refractivity contribution in [3.63, 3.8) is 0 Å². The molecule has 0 aromatic rings. The zero-order valence-corrected chi connectivity index (χ0v) is 12.2. The summed E-state index contributed by atoms with van der Waals surface area (Å²) in [4.78, 5) is 13.8. The molecule has 0 saturated carbocycles. The van der Waals surface area contributed by atoms with E-state index < -0.39 is 5.60 Å². The summed E-state index contributed by atoms with van der Waals surface area (Å²) in [5.74, 6) is 0. The molecule has 0 radical (unpaired) electrons. The van der Waals surface area contributed by atoms with Crippen LogP contribution in [0.5, 0.6) is 0 Å². The highest BCUT2D eigenvalue weighted by Gasteiger charge is 2.24. The van der Waals surface area contributed by atoms with Gasteiger partial charge in [0.05, 0.1) is 0 Å². The summed E-state index contributed by atoms with van der Waals surface area (Å²) >= 11 is 0. The Hall–Kier alpha value is -0.810. The van der Waals surface area contributed by atoms with E-state index in [-0.39, 0.29) is 12.1 Å². The van der Waals surface area contributed by atoms with Crippen LogP contribution >= 0.6 is 0 Å². The van der Waals surface area contributed by atoms with Crippen molar-refractivity contribution >= 4 is 6.09 Å². The molecule has 1 heterocycles. The van der Waals surface area contributed by atoms with E-state index in [1.807, 2.05) is 34.6 Å². The molecule has 0 atom stereocenters. The monoisotopic (exact) mass is 257 g/mol. The van der Waals surface area contributed by atoms with Crippen molar-refractivity contribution in [1.29, 1.82) is 0 Å². The number of nitrogens with one attached hydrogen (secondary N) is 2. The molecule has 0 unspecified atom stereocenters. The molecule has 0 aromatic carbocycles. The molecular weight excluding hydrogens is 230 g/mol. The highest BCUT2D eigenvalue weighted by atomic mass is 16.6. The summed E-state index contributed by atoms with van der Waals surface area (Å²) in [7, 11) is 0. The number of rotatable bonds is 5. The molecule has 0 spiro atoms. The van der Waals surface area contributed by atoms with Crippen LogP contribution < -0.4 is 10.6 Å². The lowest BCUT2D eigenvalue weighted by Crippen LogP contribution is -2.57. The van der Waals surface area contributed by atoms with E-state index in [4.69, 9.17) is 4.74 Å². The number of nitrogens with zero attached hydrogens (tertiary/aromatic N) is 1. The topological polar surface area (TPSA) is 53.6 Å². The molecule has 0 aliphatic carbocycles. The summed E-state index contributed by atoms with van der Waals surface area (Å²) in [5.41, 5.74) is -0.435. The van der Waals surface area contributed by atoms with Gasteiger partial charge in [-0.2, -0.15) is 0 Å². The fraction of sp³-hybridized carbons (Fsp3) is 0.923. The van der Waals surface area contributed by atoms with Gasteiger partial charge >= 0.3 is 6.09 Å². The van der Waals surface area contributed by atoms with Gasteiger partial charge in [0, 0.05) is 38.3 Å². The molecule has 2 N–H and O–H groups in total. The first kappa shape index (κ1) is 15.2. The Kier molecular flexibility index (Phi) is 5.41. The fourth-order valence-corrected chi connectivity index (χ4v) is 1.70. The van der Waals surface area contributed by atoms with Gasteiger partial charge in [-0.15, -0.1) is 0 Å². The van der Waals surface area contributed by atoms with Crippen LogP contribution in [0.1, 0.15) is 34.6 Å². The smallest absolute Gasteiger partial charge is 0.410 e. The molecule has 1 saturated heterocycles. The quantitative estimate of drug-likeness (QED) is 0.777. The molecule has 18 heavy (non-hydrogen) atoms. The summed E-state index contributed by atoms with van der Waals surface area (Å²) in [6.07, 6.45) is -0.231. The van der Waals surface area contributed by atoms with Crippen molar-refractivity contribution in [2.45, 2.75) is 52.3 Å². The third kappa shape index (κ3) is 5.23. The summed E-state index contributed by atoms with van der Waals surface area (Å²) in [6, 6.07) is 0.707. The molecule has 5 heteroatoms. The van der Waals surface area contributed by atoms with Gasteiger partial charge in [-0.3, -0.25) is 0 Å². The van der Waals surface area contributed by atoms with E-state index in [1.54, 1.807) is 4.90 Å². The number of carbonyl (C=O) groups excluding carboxylic acids is 1. The Balaban J connectivity index is 2.35. The zero-order chi connectivity index (χ0) is 13.8. The Morgan fingerprint density at radius 2 is 2.06 bits per heavy atom. The lowest BCUT2D eigenvalue weighted by Gasteiger charge is -2.32. The summed E-state index contributed by atoms with van der Waals surface area (Å²) < 4.78 is 5.41. The normalized spacial score (nSPS) is 16.6. The zero-order valence-electron chi connectivity index (χ0n) is 12.2. The molecule has 5 nitrogen and oxygen atoms in total. The highest BCUT2D eigenvalue weighted by Crippen LogP contribution is 2.11. The summed E-state index contributed by atoms with van der Waals surface area (Å²) in [6.45, 7) is 13.2. The Labute approximate surface area is 110 Å². The Morgan fingerprint density at radius 1 is 1.44 bits per heavy atom. The predicted molar refractivity (Wildman–Crippen MR) is 72.7 cm³/mol. The molecule has 106 valence electrons. The second kappa shape index (κ2) is 6.38. The van der Waals surface area contributed by atoms with Gasteiger partial charge in [-0.05, 0) is 34.6 Å². The molecular formula is C13H27N3O2. The van der Waals surface area contributed by atoms with Gasteiger partial charge in [-0.1, -0.05) is 0 Å². The van der Waals surface area contributed by atoms with Crippen molar-refractivity contribution < 1.29 is 9.53 Å². The number of ether oxygens (including phenoxy) is 1. The maximum Gasteiger partial charge on any atom is 0.410 e. The molecule has 0 bridgehead atoms. The van der Waals surface area contributed by atoms with Gasteiger partial charge in [0.15, 0.2) is 0 Å². The van der Waals surface area contributed by atoms with Crippen molar-refractivity contribution in [1.82, 2.24) is 15.5 Å². The van der Waals surface area contributed by atoms with E-state index in [9.17, 15) is 4.79 Å². The average Bonchev–Trinajstić information content (AvgIpc) is 2.10. The Bertz CT molecular complexity index is 270. The maximum absolute atomic E-state index is 12.0. The van der Waals surface area contributed by atoms with Crippen molar-refractivity contribution in [3.05, 3.63) is 0 Å². The minimum Gasteiger partial charge on any atom is -0.444 e. The van der Waals surface area contributed by atoms with E-state index in [1.165, 1.54) is 0 Å². The highest BCUT2D eigenvalue weighted by molar-refractivity contribution is 5.68. The van der Waals surface area contributed by atoms with E-state index in [0.717, 1.165) is 19.6 Å². The standard InChI is InChI=1S/C13H27N3O2/c1-10(2)16(12(17)18-13(3,4)5)7-6-15-11-8-14-9-11/h10-11,14-15H,6-9H2,1-5H3. The third-order valence-corrected chi connectivity index (χ3v) is 2.82. The first-order valence-corrected chi connectivity index (χ1v) is 6.73. The molecule has 1 aliphatic rings. The van der Waals surface area contributed by atoms with Gasteiger partial charge in [-0.25, -0.2) is 4.79 Å². The van der Waals surface area contributed by atoms with Crippen molar-refractivity contribution in [2.24, 2.45) is 0 Å².